The van der Waals surface area contributed by atoms with E-state index in [0.717, 1.165) is 0 Å². The first-order valence-electron chi connectivity index (χ1n) is 6.36. The maximum atomic E-state index is 12.1. The summed E-state index contributed by atoms with van der Waals surface area (Å²) in [6.45, 7) is -0.470. The third kappa shape index (κ3) is 5.20. The van der Waals surface area contributed by atoms with Crippen LogP contribution in [-0.4, -0.2) is 47.3 Å². The molecule has 1 rings (SSSR count). The first-order valence-corrected chi connectivity index (χ1v) is 7.12. The first-order chi connectivity index (χ1) is 10.5. The zero-order valence-electron chi connectivity index (χ0n) is 11.6. The molecule has 0 saturated heterocycles. The van der Waals surface area contributed by atoms with Crippen molar-refractivity contribution in [2.24, 2.45) is 0 Å². The largest absolute Gasteiger partial charge is 0.395 e. The number of hydrogen-bond acceptors (Lipinski definition) is 5. The van der Waals surface area contributed by atoms with Crippen LogP contribution in [0.5, 0.6) is 0 Å². The summed E-state index contributed by atoms with van der Waals surface area (Å²) in [5.41, 5.74) is 0.315. The molecule has 0 aliphatic rings. The van der Waals surface area contributed by atoms with E-state index in [-0.39, 0.29) is 31.9 Å². The fraction of sp³-hybridized carbons (Fsp3) is 0.286. The lowest BCUT2D eigenvalue weighted by Crippen LogP contribution is -2.36. The minimum Gasteiger partial charge on any atom is -0.395 e. The van der Waals surface area contributed by atoms with Crippen LogP contribution in [0.2, 0.25) is 10.0 Å². The number of nitrogens with one attached hydrogen (secondary N) is 1. The lowest BCUT2D eigenvalue weighted by molar-refractivity contribution is -0.127. The van der Waals surface area contributed by atoms with Gasteiger partial charge in [0.1, 0.15) is 11.6 Å². The SMILES string of the molecule is N#C/C(=C/Nc1ccc(Cl)cc1Cl)C(=O)N(CCO)CCO. The summed E-state index contributed by atoms with van der Waals surface area (Å²) >= 11 is 11.8. The van der Waals surface area contributed by atoms with Gasteiger partial charge in [-0.25, -0.2) is 0 Å². The molecule has 6 nitrogen and oxygen atoms in total. The molecule has 1 amide bonds. The summed E-state index contributed by atoms with van der Waals surface area (Å²) in [5, 5.41) is 30.5. The van der Waals surface area contributed by atoms with Gasteiger partial charge in [0.2, 0.25) is 0 Å². The van der Waals surface area contributed by atoms with Gasteiger partial charge in [-0.2, -0.15) is 5.26 Å². The van der Waals surface area contributed by atoms with Crippen LogP contribution in [0.1, 0.15) is 0 Å². The molecule has 118 valence electrons. The van der Waals surface area contributed by atoms with Crippen molar-refractivity contribution in [1.29, 1.82) is 5.26 Å². The summed E-state index contributed by atoms with van der Waals surface area (Å²) in [6, 6.07) is 6.52. The Bertz CT molecular complexity index is 593. The number of amides is 1. The zero-order chi connectivity index (χ0) is 16.5. The number of carbonyl (C=O) groups is 1. The van der Waals surface area contributed by atoms with Gasteiger partial charge in [0.15, 0.2) is 0 Å². The fourth-order valence-corrected chi connectivity index (χ4v) is 2.09. The third-order valence-corrected chi connectivity index (χ3v) is 3.23. The maximum Gasteiger partial charge on any atom is 0.266 e. The van der Waals surface area contributed by atoms with E-state index in [9.17, 15) is 4.79 Å². The number of nitriles is 1. The van der Waals surface area contributed by atoms with E-state index < -0.39 is 5.91 Å². The van der Waals surface area contributed by atoms with Gasteiger partial charge in [0.05, 0.1) is 23.9 Å². The van der Waals surface area contributed by atoms with E-state index >= 15 is 0 Å². The van der Waals surface area contributed by atoms with Crippen LogP contribution < -0.4 is 5.32 Å². The quantitative estimate of drug-likeness (QED) is 0.516. The second-order valence-corrected chi connectivity index (χ2v) is 5.02. The summed E-state index contributed by atoms with van der Waals surface area (Å²) in [4.78, 5) is 13.3. The van der Waals surface area contributed by atoms with E-state index in [0.29, 0.717) is 15.7 Å². The maximum absolute atomic E-state index is 12.1. The standard InChI is InChI=1S/C14H15Cl2N3O3/c15-11-1-2-13(12(16)7-11)18-9-10(8-17)14(22)19(3-5-20)4-6-21/h1-2,7,9,18,20-21H,3-6H2/b10-9-. The van der Waals surface area contributed by atoms with Gasteiger partial charge in [0, 0.05) is 24.3 Å². The number of benzene rings is 1. The summed E-state index contributed by atoms with van der Waals surface area (Å²) < 4.78 is 0. The van der Waals surface area contributed by atoms with Crippen LogP contribution in [0.25, 0.3) is 0 Å². The molecule has 0 aromatic heterocycles. The average molecular weight is 344 g/mol. The minimum absolute atomic E-state index is 0.0279. The molecule has 0 fully saturated rings. The molecule has 1 aromatic rings. The van der Waals surface area contributed by atoms with Crippen LogP contribution in [0.15, 0.2) is 30.0 Å². The lowest BCUT2D eigenvalue weighted by atomic mass is 10.2. The summed E-state index contributed by atoms with van der Waals surface area (Å²) in [7, 11) is 0. The van der Waals surface area contributed by atoms with Crippen LogP contribution in [0.4, 0.5) is 5.69 Å². The number of nitrogens with zero attached hydrogens (tertiary/aromatic N) is 2. The van der Waals surface area contributed by atoms with Gasteiger partial charge in [-0.05, 0) is 18.2 Å². The molecule has 22 heavy (non-hydrogen) atoms. The van der Waals surface area contributed by atoms with Crippen molar-refractivity contribution in [3.05, 3.63) is 40.0 Å². The van der Waals surface area contributed by atoms with Gasteiger partial charge in [-0.1, -0.05) is 23.2 Å². The average Bonchev–Trinajstić information content (AvgIpc) is 2.49. The number of anilines is 1. The molecule has 0 saturated carbocycles. The van der Waals surface area contributed by atoms with Crippen molar-refractivity contribution >= 4 is 34.8 Å². The van der Waals surface area contributed by atoms with Crippen LogP contribution in [0, 0.1) is 11.3 Å². The van der Waals surface area contributed by atoms with Crippen molar-refractivity contribution in [1.82, 2.24) is 4.90 Å². The Morgan fingerprint density at radius 2 is 1.95 bits per heavy atom. The monoisotopic (exact) mass is 343 g/mol. The molecule has 0 aliphatic heterocycles. The van der Waals surface area contributed by atoms with Gasteiger partial charge in [0.25, 0.3) is 5.91 Å². The summed E-state index contributed by atoms with van der Waals surface area (Å²) in [6.07, 6.45) is 1.22. The molecule has 0 aliphatic carbocycles. The van der Waals surface area contributed by atoms with E-state index in [4.69, 9.17) is 38.7 Å². The highest BCUT2D eigenvalue weighted by Gasteiger charge is 2.17. The van der Waals surface area contributed by atoms with Crippen LogP contribution >= 0.6 is 23.2 Å². The predicted octanol–water partition coefficient (Wildman–Crippen LogP) is 1.63. The van der Waals surface area contributed by atoms with Crippen molar-refractivity contribution in [2.45, 2.75) is 0 Å². The Labute approximate surface area is 138 Å². The number of aliphatic hydroxyl groups is 2. The second-order valence-electron chi connectivity index (χ2n) is 4.18. The molecule has 0 radical (unpaired) electrons. The molecule has 0 heterocycles. The Morgan fingerprint density at radius 1 is 1.32 bits per heavy atom. The van der Waals surface area contributed by atoms with Crippen molar-refractivity contribution in [3.63, 3.8) is 0 Å². The lowest BCUT2D eigenvalue weighted by Gasteiger charge is -2.20. The Hall–Kier alpha value is -1.78. The topological polar surface area (TPSA) is 96.6 Å². The minimum atomic E-state index is -0.594. The van der Waals surface area contributed by atoms with Crippen molar-refractivity contribution in [2.75, 3.05) is 31.6 Å². The fourth-order valence-electron chi connectivity index (χ4n) is 1.62. The first kappa shape index (κ1) is 18.3. The Morgan fingerprint density at radius 3 is 2.45 bits per heavy atom. The number of halogens is 2. The van der Waals surface area contributed by atoms with Crippen molar-refractivity contribution in [3.8, 4) is 6.07 Å². The van der Waals surface area contributed by atoms with Crippen molar-refractivity contribution < 1.29 is 15.0 Å². The number of hydrogen-bond donors (Lipinski definition) is 3. The van der Waals surface area contributed by atoms with E-state index in [1.807, 2.05) is 0 Å². The van der Waals surface area contributed by atoms with Gasteiger partial charge in [-0.15, -0.1) is 0 Å². The Kier molecular flexibility index (Phi) is 7.71. The molecule has 0 spiro atoms. The highest BCUT2D eigenvalue weighted by Crippen LogP contribution is 2.25. The second kappa shape index (κ2) is 9.28. The van der Waals surface area contributed by atoms with E-state index in [1.165, 1.54) is 17.2 Å². The molecular formula is C14H15Cl2N3O3. The normalized spacial score (nSPS) is 11.0. The van der Waals surface area contributed by atoms with Gasteiger partial charge in [-0.3, -0.25) is 4.79 Å². The zero-order valence-corrected chi connectivity index (χ0v) is 13.1. The molecule has 0 bridgehead atoms. The highest BCUT2D eigenvalue weighted by molar-refractivity contribution is 6.36. The molecule has 0 unspecified atom stereocenters. The smallest absolute Gasteiger partial charge is 0.266 e. The molecule has 8 heteroatoms. The predicted molar refractivity (Wildman–Crippen MR) is 84.5 cm³/mol. The van der Waals surface area contributed by atoms with Gasteiger partial charge >= 0.3 is 0 Å². The third-order valence-electron chi connectivity index (χ3n) is 2.68. The Balaban J connectivity index is 2.89. The molecule has 3 N–H and O–H groups in total. The molecule has 1 aromatic carbocycles. The summed E-state index contributed by atoms with van der Waals surface area (Å²) in [5.74, 6) is -0.594. The number of carbonyl (C=O) groups excluding carboxylic acids is 1. The molecule has 0 atom stereocenters. The highest BCUT2D eigenvalue weighted by atomic mass is 35.5. The van der Waals surface area contributed by atoms with Crippen LogP contribution in [-0.2, 0) is 4.79 Å². The van der Waals surface area contributed by atoms with E-state index in [1.54, 1.807) is 18.2 Å². The molecular weight excluding hydrogens is 329 g/mol. The van der Waals surface area contributed by atoms with Gasteiger partial charge < -0.3 is 20.4 Å². The number of rotatable bonds is 7. The number of aliphatic hydroxyl groups excluding tert-OH is 2. The van der Waals surface area contributed by atoms with E-state index in [2.05, 4.69) is 5.32 Å². The van der Waals surface area contributed by atoms with Crippen LogP contribution in [0.3, 0.4) is 0 Å².